The zero-order chi connectivity index (χ0) is 13.5. The molecule has 2 N–H and O–H groups in total. The molecule has 0 spiro atoms. The molecule has 0 amide bonds. The predicted molar refractivity (Wildman–Crippen MR) is 77.7 cm³/mol. The Labute approximate surface area is 116 Å². The number of benzene rings is 1. The lowest BCUT2D eigenvalue weighted by Gasteiger charge is -2.52. The van der Waals surface area contributed by atoms with Gasteiger partial charge in [-0.25, -0.2) is 0 Å². The summed E-state index contributed by atoms with van der Waals surface area (Å²) in [6.45, 7) is 1.14. The highest BCUT2D eigenvalue weighted by molar-refractivity contribution is 7.85. The summed E-state index contributed by atoms with van der Waals surface area (Å²) < 4.78 is 11.3. The fraction of sp³-hybridized carbons (Fsp3) is 0.571. The van der Waals surface area contributed by atoms with Crippen molar-refractivity contribution in [2.45, 2.75) is 31.8 Å². The van der Waals surface area contributed by atoms with Gasteiger partial charge >= 0.3 is 0 Å². The molecule has 1 unspecified atom stereocenters. The first-order chi connectivity index (χ1) is 9.08. The monoisotopic (exact) mass is 280 g/mol. The summed E-state index contributed by atoms with van der Waals surface area (Å²) in [6, 6.07) is 5.98. The van der Waals surface area contributed by atoms with Gasteiger partial charge in [-0.05, 0) is 11.6 Å². The summed E-state index contributed by atoms with van der Waals surface area (Å²) in [4.78, 5) is 0. The molecule has 0 aliphatic carbocycles. The number of nitrogens with two attached hydrogens (primary N) is 1. The van der Waals surface area contributed by atoms with Gasteiger partial charge in [0.15, 0.2) is 0 Å². The standard InChI is InChI=1S/C14H20N2O2S/c15-14-3-1-2-11-10-16(17,7-4-13(11)14)12-5-8-19(18)9-6-12/h1-3,12H,4-10,15H2. The fourth-order valence-corrected chi connectivity index (χ4v) is 4.61. The van der Waals surface area contributed by atoms with Gasteiger partial charge in [-0.2, -0.15) is 0 Å². The molecule has 19 heavy (non-hydrogen) atoms. The van der Waals surface area contributed by atoms with E-state index in [0.29, 0.717) is 24.6 Å². The van der Waals surface area contributed by atoms with E-state index in [-0.39, 0.29) is 10.7 Å². The SMILES string of the molecule is Nc1cccc2c1CC[N+]([O-])(C1CCS(=O)CC1)C2. The summed E-state index contributed by atoms with van der Waals surface area (Å²) >= 11 is 0. The highest BCUT2D eigenvalue weighted by Crippen LogP contribution is 2.33. The Morgan fingerprint density at radius 2 is 2.05 bits per heavy atom. The number of hydrogen-bond acceptors (Lipinski definition) is 3. The van der Waals surface area contributed by atoms with E-state index in [0.717, 1.165) is 36.1 Å². The molecule has 3 rings (SSSR count). The number of nitrogen functional groups attached to an aromatic ring is 1. The van der Waals surface area contributed by atoms with E-state index in [1.54, 1.807) is 0 Å². The molecule has 0 radical (unpaired) electrons. The molecule has 2 aliphatic rings. The van der Waals surface area contributed by atoms with E-state index in [1.807, 2.05) is 18.2 Å². The van der Waals surface area contributed by atoms with Gasteiger partial charge in [0.05, 0.1) is 12.6 Å². The average molecular weight is 280 g/mol. The minimum atomic E-state index is -0.701. The van der Waals surface area contributed by atoms with E-state index < -0.39 is 10.8 Å². The van der Waals surface area contributed by atoms with Crippen LogP contribution in [0.4, 0.5) is 5.69 Å². The maximum absolute atomic E-state index is 13.1. The lowest BCUT2D eigenvalue weighted by atomic mass is 9.95. The highest BCUT2D eigenvalue weighted by Gasteiger charge is 2.35. The summed E-state index contributed by atoms with van der Waals surface area (Å²) in [6.07, 6.45) is 2.37. The van der Waals surface area contributed by atoms with Gasteiger partial charge in [0.25, 0.3) is 0 Å². The first-order valence-electron chi connectivity index (χ1n) is 6.87. The Morgan fingerprint density at radius 1 is 1.32 bits per heavy atom. The Balaban J connectivity index is 1.82. The van der Waals surface area contributed by atoms with Gasteiger partial charge in [-0.15, -0.1) is 0 Å². The molecular formula is C14H20N2O2S. The summed E-state index contributed by atoms with van der Waals surface area (Å²) in [7, 11) is -0.701. The Kier molecular flexibility index (Phi) is 3.37. The average Bonchev–Trinajstić information content (AvgIpc) is 2.39. The zero-order valence-electron chi connectivity index (χ0n) is 11.0. The van der Waals surface area contributed by atoms with Crippen LogP contribution >= 0.6 is 0 Å². The molecular weight excluding hydrogens is 260 g/mol. The number of fused-ring (bicyclic) bond motifs is 1. The number of hydroxylamine groups is 3. The largest absolute Gasteiger partial charge is 0.632 e. The molecule has 1 saturated heterocycles. The van der Waals surface area contributed by atoms with E-state index >= 15 is 0 Å². The van der Waals surface area contributed by atoms with Crippen LogP contribution in [-0.2, 0) is 23.8 Å². The molecule has 104 valence electrons. The van der Waals surface area contributed by atoms with Crippen LogP contribution in [0.25, 0.3) is 0 Å². The van der Waals surface area contributed by atoms with Crippen molar-refractivity contribution in [3.63, 3.8) is 0 Å². The minimum Gasteiger partial charge on any atom is -0.632 e. The van der Waals surface area contributed by atoms with Crippen LogP contribution < -0.4 is 5.73 Å². The molecule has 0 saturated carbocycles. The molecule has 1 fully saturated rings. The van der Waals surface area contributed by atoms with Crippen molar-refractivity contribution in [1.82, 2.24) is 0 Å². The van der Waals surface area contributed by atoms with Crippen LogP contribution in [0.1, 0.15) is 24.0 Å². The second kappa shape index (κ2) is 4.89. The molecule has 2 heterocycles. The Bertz CT molecular complexity index is 510. The summed E-state index contributed by atoms with van der Waals surface area (Å²) in [5.41, 5.74) is 9.05. The minimum absolute atomic E-state index is 0.118. The van der Waals surface area contributed by atoms with Crippen LogP contribution in [-0.4, -0.2) is 32.9 Å². The molecule has 2 aliphatic heterocycles. The van der Waals surface area contributed by atoms with Crippen molar-refractivity contribution in [3.8, 4) is 0 Å². The molecule has 0 aromatic heterocycles. The van der Waals surface area contributed by atoms with Crippen LogP contribution in [0.5, 0.6) is 0 Å². The lowest BCUT2D eigenvalue weighted by molar-refractivity contribution is -0.920. The normalized spacial score (nSPS) is 34.8. The van der Waals surface area contributed by atoms with Crippen LogP contribution in [0.3, 0.4) is 0 Å². The summed E-state index contributed by atoms with van der Waals surface area (Å²) in [5.74, 6) is 1.38. The molecule has 1 atom stereocenters. The van der Waals surface area contributed by atoms with E-state index in [1.165, 1.54) is 0 Å². The topological polar surface area (TPSA) is 66.2 Å². The third-order valence-electron chi connectivity index (χ3n) is 4.51. The summed E-state index contributed by atoms with van der Waals surface area (Å²) in [5, 5.41) is 13.1. The third-order valence-corrected chi connectivity index (χ3v) is 5.89. The molecule has 1 aromatic carbocycles. The Hall–Kier alpha value is -0.910. The number of rotatable bonds is 1. The highest BCUT2D eigenvalue weighted by atomic mass is 32.2. The first kappa shape index (κ1) is 13.1. The maximum Gasteiger partial charge on any atom is 0.105 e. The van der Waals surface area contributed by atoms with Crippen molar-refractivity contribution >= 4 is 16.5 Å². The van der Waals surface area contributed by atoms with Crippen LogP contribution in [0.2, 0.25) is 0 Å². The predicted octanol–water partition coefficient (Wildman–Crippen LogP) is 1.55. The molecule has 5 heteroatoms. The van der Waals surface area contributed by atoms with Crippen molar-refractivity contribution in [2.75, 3.05) is 23.8 Å². The van der Waals surface area contributed by atoms with E-state index in [2.05, 4.69) is 0 Å². The molecule has 4 nitrogen and oxygen atoms in total. The van der Waals surface area contributed by atoms with Crippen LogP contribution in [0, 0.1) is 5.21 Å². The van der Waals surface area contributed by atoms with Gasteiger partial charge in [0.2, 0.25) is 0 Å². The van der Waals surface area contributed by atoms with Crippen molar-refractivity contribution in [1.29, 1.82) is 0 Å². The van der Waals surface area contributed by atoms with Gasteiger partial charge in [0.1, 0.15) is 6.54 Å². The number of hydrogen-bond donors (Lipinski definition) is 1. The number of quaternary nitrogens is 1. The zero-order valence-corrected chi connectivity index (χ0v) is 11.8. The second-order valence-corrected chi connectivity index (χ2v) is 7.34. The number of anilines is 1. The van der Waals surface area contributed by atoms with Crippen molar-refractivity contribution in [3.05, 3.63) is 34.5 Å². The van der Waals surface area contributed by atoms with Gasteiger partial charge < -0.3 is 15.6 Å². The lowest BCUT2D eigenvalue weighted by Crippen LogP contribution is -2.55. The smallest absolute Gasteiger partial charge is 0.105 e. The first-order valence-corrected chi connectivity index (χ1v) is 8.36. The molecule has 1 aromatic rings. The maximum atomic E-state index is 13.1. The fourth-order valence-electron chi connectivity index (χ4n) is 3.34. The second-order valence-electron chi connectivity index (χ2n) is 5.65. The van der Waals surface area contributed by atoms with Gasteiger partial charge in [0, 0.05) is 52.8 Å². The molecule has 0 bridgehead atoms. The Morgan fingerprint density at radius 3 is 2.79 bits per heavy atom. The van der Waals surface area contributed by atoms with E-state index in [4.69, 9.17) is 5.73 Å². The van der Waals surface area contributed by atoms with Crippen molar-refractivity contribution in [2.24, 2.45) is 0 Å². The quantitative estimate of drug-likeness (QED) is 0.482. The third kappa shape index (κ3) is 2.42. The number of nitrogens with zero attached hydrogens (tertiary/aromatic N) is 1. The van der Waals surface area contributed by atoms with Crippen molar-refractivity contribution < 1.29 is 8.86 Å². The van der Waals surface area contributed by atoms with Crippen LogP contribution in [0.15, 0.2) is 18.2 Å². The van der Waals surface area contributed by atoms with Gasteiger partial charge in [-0.1, -0.05) is 12.1 Å². The van der Waals surface area contributed by atoms with E-state index in [9.17, 15) is 9.42 Å². The van der Waals surface area contributed by atoms with Gasteiger partial charge in [-0.3, -0.25) is 4.21 Å².